The smallest absolute Gasteiger partial charge is 0.306 e. The van der Waals surface area contributed by atoms with E-state index in [9.17, 15) is 9.18 Å². The van der Waals surface area contributed by atoms with E-state index in [2.05, 4.69) is 4.90 Å². The van der Waals surface area contributed by atoms with Gasteiger partial charge in [0.05, 0.1) is 5.92 Å². The van der Waals surface area contributed by atoms with Crippen molar-refractivity contribution in [3.8, 4) is 5.75 Å². The van der Waals surface area contributed by atoms with Crippen LogP contribution in [0, 0.1) is 17.7 Å². The van der Waals surface area contributed by atoms with Crippen LogP contribution in [0.2, 0.25) is 0 Å². The van der Waals surface area contributed by atoms with Crippen LogP contribution >= 0.6 is 0 Å². The molecule has 2 N–H and O–H groups in total. The molecule has 0 spiro atoms. The van der Waals surface area contributed by atoms with Crippen LogP contribution in [0.5, 0.6) is 5.75 Å². The lowest BCUT2D eigenvalue weighted by Gasteiger charge is -2.34. The van der Waals surface area contributed by atoms with Gasteiger partial charge in [0.25, 0.3) is 0 Å². The third-order valence-corrected chi connectivity index (χ3v) is 3.72. The molecule has 1 aromatic rings. The number of aromatic hydroxyl groups is 1. The monoisotopic (exact) mass is 267 g/mol. The fourth-order valence-electron chi connectivity index (χ4n) is 2.65. The van der Waals surface area contributed by atoms with Crippen molar-refractivity contribution in [3.05, 3.63) is 29.6 Å². The number of nitrogens with zero attached hydrogens (tertiary/aromatic N) is 1. The van der Waals surface area contributed by atoms with Crippen molar-refractivity contribution in [1.82, 2.24) is 4.90 Å². The lowest BCUT2D eigenvalue weighted by Crippen LogP contribution is -2.41. The van der Waals surface area contributed by atoms with Crippen molar-refractivity contribution in [2.45, 2.75) is 19.9 Å². The van der Waals surface area contributed by atoms with Gasteiger partial charge in [0, 0.05) is 13.1 Å². The average Bonchev–Trinajstić information content (AvgIpc) is 2.33. The molecule has 1 aromatic carbocycles. The normalized spacial score (nSPS) is 24.3. The number of phenols is 1. The Kier molecular flexibility index (Phi) is 4.04. The summed E-state index contributed by atoms with van der Waals surface area (Å²) in [6.45, 7) is 3.90. The molecule has 0 aliphatic carbocycles. The van der Waals surface area contributed by atoms with Gasteiger partial charge >= 0.3 is 5.97 Å². The number of benzene rings is 1. The standard InChI is InChI=1S/C14H18FNO3/c1-9-7-16(5-4-11(9)14(18)19)8-10-2-3-13(17)12(15)6-10/h2-3,6,9,11,17H,4-5,7-8H2,1H3,(H,18,19). The Hall–Kier alpha value is -1.62. The number of rotatable bonds is 3. The zero-order chi connectivity index (χ0) is 14.0. The van der Waals surface area contributed by atoms with E-state index in [4.69, 9.17) is 10.2 Å². The highest BCUT2D eigenvalue weighted by atomic mass is 19.1. The Morgan fingerprint density at radius 1 is 1.53 bits per heavy atom. The Balaban J connectivity index is 1.98. The summed E-state index contributed by atoms with van der Waals surface area (Å²) in [5.41, 5.74) is 0.788. The molecule has 0 saturated carbocycles. The van der Waals surface area contributed by atoms with Gasteiger partial charge in [-0.3, -0.25) is 9.69 Å². The Morgan fingerprint density at radius 3 is 2.84 bits per heavy atom. The molecule has 1 aliphatic rings. The van der Waals surface area contributed by atoms with Crippen LogP contribution in [-0.4, -0.2) is 34.2 Å². The van der Waals surface area contributed by atoms with Gasteiger partial charge in [0.15, 0.2) is 11.6 Å². The Labute approximate surface area is 111 Å². The van der Waals surface area contributed by atoms with Crippen molar-refractivity contribution >= 4 is 5.97 Å². The van der Waals surface area contributed by atoms with Gasteiger partial charge in [-0.25, -0.2) is 4.39 Å². The minimum absolute atomic E-state index is 0.0909. The molecule has 2 atom stereocenters. The van der Waals surface area contributed by atoms with E-state index in [-0.39, 0.29) is 17.6 Å². The first kappa shape index (κ1) is 13.8. The molecule has 1 aliphatic heterocycles. The largest absolute Gasteiger partial charge is 0.505 e. The molecule has 1 fully saturated rings. The molecule has 0 radical (unpaired) electrons. The van der Waals surface area contributed by atoms with Gasteiger partial charge in [-0.05, 0) is 36.6 Å². The van der Waals surface area contributed by atoms with Gasteiger partial charge in [0.1, 0.15) is 0 Å². The lowest BCUT2D eigenvalue weighted by atomic mass is 9.87. The molecule has 0 amide bonds. The zero-order valence-corrected chi connectivity index (χ0v) is 10.8. The molecule has 2 rings (SSSR count). The van der Waals surface area contributed by atoms with Crippen LogP contribution in [0.1, 0.15) is 18.9 Å². The Morgan fingerprint density at radius 2 is 2.26 bits per heavy atom. The number of aliphatic carboxylic acids is 1. The average molecular weight is 267 g/mol. The summed E-state index contributed by atoms with van der Waals surface area (Å²) >= 11 is 0. The highest BCUT2D eigenvalue weighted by molar-refractivity contribution is 5.70. The second kappa shape index (κ2) is 5.57. The van der Waals surface area contributed by atoms with Crippen molar-refractivity contribution in [2.24, 2.45) is 11.8 Å². The summed E-state index contributed by atoms with van der Waals surface area (Å²) in [5, 5.41) is 18.2. The van der Waals surface area contributed by atoms with Gasteiger partial charge in [-0.2, -0.15) is 0 Å². The predicted octanol–water partition coefficient (Wildman–Crippen LogP) is 2.07. The molecule has 1 heterocycles. The van der Waals surface area contributed by atoms with Crippen LogP contribution in [0.4, 0.5) is 4.39 Å². The van der Waals surface area contributed by atoms with Crippen LogP contribution in [0.15, 0.2) is 18.2 Å². The molecule has 104 valence electrons. The number of hydrogen-bond donors (Lipinski definition) is 2. The highest BCUT2D eigenvalue weighted by Gasteiger charge is 2.30. The fourth-order valence-corrected chi connectivity index (χ4v) is 2.65. The van der Waals surface area contributed by atoms with Crippen LogP contribution in [0.3, 0.4) is 0 Å². The first-order valence-electron chi connectivity index (χ1n) is 6.40. The first-order chi connectivity index (χ1) is 8.97. The first-order valence-corrected chi connectivity index (χ1v) is 6.40. The minimum Gasteiger partial charge on any atom is -0.505 e. The van der Waals surface area contributed by atoms with Crippen LogP contribution in [0.25, 0.3) is 0 Å². The van der Waals surface area contributed by atoms with Gasteiger partial charge in [0.2, 0.25) is 0 Å². The number of halogens is 1. The predicted molar refractivity (Wildman–Crippen MR) is 68.2 cm³/mol. The number of carboxylic acid groups (broad SMARTS) is 1. The third kappa shape index (κ3) is 3.23. The SMILES string of the molecule is CC1CN(Cc2ccc(O)c(F)c2)CCC1C(=O)O. The zero-order valence-electron chi connectivity index (χ0n) is 10.8. The van der Waals surface area contributed by atoms with Crippen molar-refractivity contribution in [3.63, 3.8) is 0 Å². The number of carbonyl (C=O) groups is 1. The number of hydrogen-bond acceptors (Lipinski definition) is 3. The summed E-state index contributed by atoms with van der Waals surface area (Å²) in [6.07, 6.45) is 0.622. The summed E-state index contributed by atoms with van der Waals surface area (Å²) in [7, 11) is 0. The molecule has 0 bridgehead atoms. The van der Waals surface area contributed by atoms with Gasteiger partial charge < -0.3 is 10.2 Å². The van der Waals surface area contributed by atoms with E-state index < -0.39 is 11.8 Å². The van der Waals surface area contributed by atoms with E-state index in [0.717, 1.165) is 5.56 Å². The lowest BCUT2D eigenvalue weighted by molar-refractivity contribution is -0.145. The molecule has 1 saturated heterocycles. The summed E-state index contributed by atoms with van der Waals surface area (Å²) in [6, 6.07) is 4.35. The highest BCUT2D eigenvalue weighted by Crippen LogP contribution is 2.25. The van der Waals surface area contributed by atoms with Crippen LogP contribution in [-0.2, 0) is 11.3 Å². The number of carboxylic acids is 1. The second-order valence-electron chi connectivity index (χ2n) is 5.23. The molecule has 5 heteroatoms. The van der Waals surface area contributed by atoms with E-state index in [1.165, 1.54) is 12.1 Å². The second-order valence-corrected chi connectivity index (χ2v) is 5.23. The number of likely N-dealkylation sites (tertiary alicyclic amines) is 1. The number of phenolic OH excluding ortho intramolecular Hbond substituents is 1. The van der Waals surface area contributed by atoms with E-state index in [1.54, 1.807) is 6.07 Å². The van der Waals surface area contributed by atoms with E-state index >= 15 is 0 Å². The topological polar surface area (TPSA) is 60.8 Å². The molecule has 0 aromatic heterocycles. The van der Waals surface area contributed by atoms with Crippen molar-refractivity contribution < 1.29 is 19.4 Å². The van der Waals surface area contributed by atoms with Crippen molar-refractivity contribution in [1.29, 1.82) is 0 Å². The maximum Gasteiger partial charge on any atom is 0.306 e. The minimum atomic E-state index is -0.733. The maximum absolute atomic E-state index is 13.2. The molecular formula is C14H18FNO3. The Bertz CT molecular complexity index is 478. The van der Waals surface area contributed by atoms with Gasteiger partial charge in [-0.15, -0.1) is 0 Å². The van der Waals surface area contributed by atoms with Crippen molar-refractivity contribution in [2.75, 3.05) is 13.1 Å². The molecular weight excluding hydrogens is 249 g/mol. The molecule has 2 unspecified atom stereocenters. The quantitative estimate of drug-likeness (QED) is 0.880. The van der Waals surface area contributed by atoms with Crippen LogP contribution < -0.4 is 0 Å². The molecule has 4 nitrogen and oxygen atoms in total. The number of piperidine rings is 1. The summed E-state index contributed by atoms with van der Waals surface area (Å²) in [5.74, 6) is -1.89. The van der Waals surface area contributed by atoms with E-state index in [0.29, 0.717) is 26.1 Å². The van der Waals surface area contributed by atoms with Gasteiger partial charge in [-0.1, -0.05) is 13.0 Å². The fraction of sp³-hybridized carbons (Fsp3) is 0.500. The maximum atomic E-state index is 13.2. The summed E-state index contributed by atoms with van der Waals surface area (Å²) in [4.78, 5) is 13.1. The summed E-state index contributed by atoms with van der Waals surface area (Å²) < 4.78 is 13.2. The third-order valence-electron chi connectivity index (χ3n) is 3.72. The van der Waals surface area contributed by atoms with E-state index in [1.807, 2.05) is 6.92 Å². The molecule has 19 heavy (non-hydrogen) atoms.